The van der Waals surface area contributed by atoms with Crippen LogP contribution in [0.15, 0.2) is 24.3 Å². The van der Waals surface area contributed by atoms with Gasteiger partial charge in [0.1, 0.15) is 6.10 Å². The summed E-state index contributed by atoms with van der Waals surface area (Å²) in [7, 11) is 0. The molecule has 0 aliphatic carbocycles. The summed E-state index contributed by atoms with van der Waals surface area (Å²) in [6.07, 6.45) is -1.24. The van der Waals surface area contributed by atoms with Gasteiger partial charge in [0, 0.05) is 17.1 Å². The molecule has 0 amide bonds. The molecule has 1 aromatic rings. The highest BCUT2D eigenvalue weighted by Crippen LogP contribution is 2.17. The van der Waals surface area contributed by atoms with Gasteiger partial charge < -0.3 is 5.11 Å². The summed E-state index contributed by atoms with van der Waals surface area (Å²) >= 11 is 0. The predicted octanol–water partition coefficient (Wildman–Crippen LogP) is 0.905. The van der Waals surface area contributed by atoms with Crippen molar-refractivity contribution in [3.05, 3.63) is 50.1 Å². The van der Waals surface area contributed by atoms with Crippen LogP contribution in [0.5, 0.6) is 0 Å². The number of nitro benzene ring substituents is 1. The Labute approximate surface area is 84.3 Å². The molecule has 1 N–H and O–H groups in total. The largest absolute Gasteiger partial charge is 0.382 e. The molecule has 15 heavy (non-hydrogen) atoms. The molecular weight excluding hydrogens is 203 g/mol. The summed E-state index contributed by atoms with van der Waals surface area (Å²) in [5.74, 6) is 0. The predicted molar refractivity (Wildman–Crippen MR) is 49.9 cm³/mol. The van der Waals surface area contributed by atoms with Gasteiger partial charge in [-0.05, 0) is 17.7 Å². The van der Waals surface area contributed by atoms with E-state index in [-0.39, 0.29) is 11.3 Å². The molecule has 80 valence electrons. The topological polar surface area (TPSA) is 107 Å². The molecule has 0 radical (unpaired) electrons. The SMILES string of the molecule is O=[N+]([O-])[11CH2]C(O)c1ccc([N+](=O)[O-])cc1. The molecule has 1 atom stereocenters. The Morgan fingerprint density at radius 2 is 1.73 bits per heavy atom. The fourth-order valence-corrected chi connectivity index (χ4v) is 1.06. The Bertz CT molecular complexity index is 375. The number of hydrogen-bond donors (Lipinski definition) is 1. The molecule has 0 saturated heterocycles. The summed E-state index contributed by atoms with van der Waals surface area (Å²) in [4.78, 5) is 19.2. The van der Waals surface area contributed by atoms with Gasteiger partial charge in [0.05, 0.1) is 4.92 Å². The number of rotatable bonds is 4. The smallest absolute Gasteiger partial charge is 0.269 e. The Balaban J connectivity index is 2.79. The van der Waals surface area contributed by atoms with Crippen LogP contribution in [0.2, 0.25) is 0 Å². The summed E-state index contributed by atoms with van der Waals surface area (Å²) in [5.41, 5.74) is 0.171. The van der Waals surface area contributed by atoms with E-state index in [1.54, 1.807) is 0 Å². The van der Waals surface area contributed by atoms with Crippen molar-refractivity contribution in [1.29, 1.82) is 0 Å². The molecule has 0 aliphatic heterocycles. The van der Waals surface area contributed by atoms with Gasteiger partial charge in [-0.1, -0.05) is 0 Å². The van der Waals surface area contributed by atoms with Crippen molar-refractivity contribution in [2.75, 3.05) is 6.54 Å². The van der Waals surface area contributed by atoms with Gasteiger partial charge in [-0.25, -0.2) is 0 Å². The Hall–Kier alpha value is -2.02. The fourth-order valence-electron chi connectivity index (χ4n) is 1.06. The highest BCUT2D eigenvalue weighted by atomic mass is 16.6. The number of nitro groups is 2. The molecular formula is C8H8N2O5. The Morgan fingerprint density at radius 1 is 1.20 bits per heavy atom. The van der Waals surface area contributed by atoms with E-state index in [0.717, 1.165) is 0 Å². The first-order valence-electron chi connectivity index (χ1n) is 4.05. The lowest BCUT2D eigenvalue weighted by atomic mass is 9.90. The van der Waals surface area contributed by atoms with Crippen LogP contribution >= 0.6 is 0 Å². The molecule has 0 heterocycles. The summed E-state index contributed by atoms with van der Waals surface area (Å²) in [6.45, 7) is -0.613. The second-order valence-corrected chi connectivity index (χ2v) is 2.88. The van der Waals surface area contributed by atoms with Gasteiger partial charge >= 0.3 is 0 Å². The van der Waals surface area contributed by atoms with Crippen LogP contribution in [-0.2, 0) is 0 Å². The second-order valence-electron chi connectivity index (χ2n) is 2.88. The second kappa shape index (κ2) is 4.47. The van der Waals surface area contributed by atoms with Gasteiger partial charge in [-0.3, -0.25) is 20.2 Å². The number of hydrogen-bond acceptors (Lipinski definition) is 5. The monoisotopic (exact) mass is 211 g/mol. The molecule has 0 aromatic heterocycles. The first-order valence-corrected chi connectivity index (χ1v) is 4.05. The minimum atomic E-state index is -1.24. The Kier molecular flexibility index (Phi) is 3.29. The molecule has 0 saturated carbocycles. The van der Waals surface area contributed by atoms with Crippen molar-refractivity contribution in [3.8, 4) is 0 Å². The minimum Gasteiger partial charge on any atom is -0.382 e. The number of aliphatic hydroxyl groups is 1. The maximum atomic E-state index is 10.3. The molecule has 0 bridgehead atoms. The highest BCUT2D eigenvalue weighted by Gasteiger charge is 2.15. The third-order valence-electron chi connectivity index (χ3n) is 1.81. The molecule has 1 rings (SSSR count). The van der Waals surface area contributed by atoms with E-state index in [4.69, 9.17) is 0 Å². The number of aliphatic hydroxyl groups excluding tert-OH is 1. The maximum Gasteiger partial charge on any atom is 0.269 e. The molecule has 7 heteroatoms. The maximum absolute atomic E-state index is 10.3. The van der Waals surface area contributed by atoms with E-state index in [1.165, 1.54) is 24.3 Å². The van der Waals surface area contributed by atoms with Crippen LogP contribution in [0, 0.1) is 20.2 Å². The number of non-ortho nitro benzene ring substituents is 1. The molecule has 1 aromatic carbocycles. The van der Waals surface area contributed by atoms with Crippen molar-refractivity contribution in [2.45, 2.75) is 6.10 Å². The van der Waals surface area contributed by atoms with Crippen LogP contribution in [-0.4, -0.2) is 21.5 Å². The third-order valence-corrected chi connectivity index (χ3v) is 1.81. The molecule has 0 aliphatic rings. The zero-order valence-electron chi connectivity index (χ0n) is 7.57. The van der Waals surface area contributed by atoms with Crippen LogP contribution < -0.4 is 0 Å². The summed E-state index contributed by atoms with van der Waals surface area (Å²) in [6, 6.07) is 4.98. The van der Waals surface area contributed by atoms with Crippen LogP contribution in [0.3, 0.4) is 0 Å². The van der Waals surface area contributed by atoms with Gasteiger partial charge in [0.15, 0.2) is 0 Å². The minimum absolute atomic E-state index is 0.118. The molecule has 0 spiro atoms. The lowest BCUT2D eigenvalue weighted by Gasteiger charge is -2.04. The molecule has 7 nitrogen and oxygen atoms in total. The first kappa shape index (κ1) is 11.1. The van der Waals surface area contributed by atoms with Gasteiger partial charge in [0.25, 0.3) is 5.69 Å². The lowest BCUT2D eigenvalue weighted by Crippen LogP contribution is -2.11. The fraction of sp³-hybridized carbons (Fsp3) is 0.250. The highest BCUT2D eigenvalue weighted by molar-refractivity contribution is 5.33. The van der Waals surface area contributed by atoms with Crippen molar-refractivity contribution in [1.82, 2.24) is 0 Å². The zero-order valence-corrected chi connectivity index (χ0v) is 7.57. The van der Waals surface area contributed by atoms with E-state index < -0.39 is 22.5 Å². The van der Waals surface area contributed by atoms with Gasteiger partial charge in [-0.2, -0.15) is 0 Å². The van der Waals surface area contributed by atoms with Gasteiger partial charge in [0.2, 0.25) is 6.54 Å². The van der Waals surface area contributed by atoms with Crippen LogP contribution in [0.4, 0.5) is 5.69 Å². The molecule has 0 fully saturated rings. The zero-order chi connectivity index (χ0) is 11.4. The van der Waals surface area contributed by atoms with Crippen molar-refractivity contribution < 1.29 is 15.0 Å². The number of benzene rings is 1. The first-order chi connectivity index (χ1) is 7.00. The van der Waals surface area contributed by atoms with E-state index in [2.05, 4.69) is 0 Å². The Morgan fingerprint density at radius 3 is 2.13 bits per heavy atom. The van der Waals surface area contributed by atoms with E-state index in [1.807, 2.05) is 0 Å². The van der Waals surface area contributed by atoms with Crippen LogP contribution in [0.1, 0.15) is 11.7 Å². The van der Waals surface area contributed by atoms with E-state index in [0.29, 0.717) is 0 Å². The third kappa shape index (κ3) is 2.99. The van der Waals surface area contributed by atoms with E-state index >= 15 is 0 Å². The average molecular weight is 211 g/mol. The van der Waals surface area contributed by atoms with Crippen molar-refractivity contribution in [2.24, 2.45) is 0 Å². The average Bonchev–Trinajstić information content (AvgIpc) is 2.17. The number of nitrogens with zero attached hydrogens (tertiary/aromatic N) is 2. The summed E-state index contributed by atoms with van der Waals surface area (Å²) in [5, 5.41) is 29.7. The quantitative estimate of drug-likeness (QED) is 0.588. The lowest BCUT2D eigenvalue weighted by molar-refractivity contribution is -0.491. The van der Waals surface area contributed by atoms with Crippen molar-refractivity contribution in [3.63, 3.8) is 0 Å². The van der Waals surface area contributed by atoms with Crippen molar-refractivity contribution >= 4 is 5.69 Å². The van der Waals surface area contributed by atoms with Crippen LogP contribution in [0.25, 0.3) is 0 Å². The van der Waals surface area contributed by atoms with Gasteiger partial charge in [-0.15, -0.1) is 0 Å². The standard InChI is InChI=1S/C8H8N2O5/c11-8(5-9(12)13)6-1-3-7(4-2-6)10(14)15/h1-4,8,11H,5H2/i5-1. The normalized spacial score (nSPS) is 12.1. The summed E-state index contributed by atoms with van der Waals surface area (Å²) < 4.78 is 0. The molecule has 1 unspecified atom stereocenters. The van der Waals surface area contributed by atoms with E-state index in [9.17, 15) is 25.3 Å².